The van der Waals surface area contributed by atoms with Gasteiger partial charge in [-0.3, -0.25) is 4.79 Å². The van der Waals surface area contributed by atoms with E-state index in [1.165, 1.54) is 13.4 Å². The molecule has 1 atom stereocenters. The van der Waals surface area contributed by atoms with Crippen LogP contribution in [0.3, 0.4) is 0 Å². The highest BCUT2D eigenvalue weighted by Crippen LogP contribution is 2.15. The Morgan fingerprint density at radius 2 is 2.18 bits per heavy atom. The molecule has 88 valence electrons. The van der Waals surface area contributed by atoms with Gasteiger partial charge in [-0.2, -0.15) is 0 Å². The minimum Gasteiger partial charge on any atom is -0.468 e. The Labute approximate surface area is 98.6 Å². The normalized spacial score (nSPS) is 12.4. The first-order chi connectivity index (χ1) is 8.22. The van der Waals surface area contributed by atoms with Crippen molar-refractivity contribution in [3.05, 3.63) is 36.3 Å². The number of rotatable bonds is 3. The summed E-state index contributed by atoms with van der Waals surface area (Å²) >= 11 is 0. The third kappa shape index (κ3) is 2.39. The van der Waals surface area contributed by atoms with E-state index in [2.05, 4.69) is 14.7 Å². The first-order valence-electron chi connectivity index (χ1n) is 5.24. The van der Waals surface area contributed by atoms with Crippen LogP contribution in [0.4, 0.5) is 0 Å². The van der Waals surface area contributed by atoms with E-state index in [0.29, 0.717) is 6.42 Å². The summed E-state index contributed by atoms with van der Waals surface area (Å²) in [7, 11) is 1.32. The van der Waals surface area contributed by atoms with E-state index in [9.17, 15) is 4.79 Å². The zero-order chi connectivity index (χ0) is 12.3. The van der Waals surface area contributed by atoms with E-state index in [-0.39, 0.29) is 0 Å². The van der Waals surface area contributed by atoms with E-state index >= 15 is 0 Å². The third-order valence-corrected chi connectivity index (χ3v) is 2.54. The zero-order valence-corrected chi connectivity index (χ0v) is 9.46. The number of benzene rings is 1. The number of nitrogens with zero attached hydrogens (tertiary/aromatic N) is 2. The predicted octanol–water partition coefficient (Wildman–Crippen LogP) is 0.673. The van der Waals surface area contributed by atoms with Crippen molar-refractivity contribution < 1.29 is 9.53 Å². The van der Waals surface area contributed by atoms with Crippen molar-refractivity contribution in [2.75, 3.05) is 7.11 Å². The second-order valence-electron chi connectivity index (χ2n) is 3.67. The zero-order valence-electron chi connectivity index (χ0n) is 9.46. The number of hydrogen-bond donors (Lipinski definition) is 1. The summed E-state index contributed by atoms with van der Waals surface area (Å²) < 4.78 is 4.59. The van der Waals surface area contributed by atoms with Gasteiger partial charge in [-0.25, -0.2) is 9.97 Å². The highest BCUT2D eigenvalue weighted by Gasteiger charge is 2.16. The first kappa shape index (κ1) is 11.5. The molecule has 0 spiro atoms. The molecular formula is C12H13N3O2. The molecule has 1 heterocycles. The van der Waals surface area contributed by atoms with Gasteiger partial charge in [-0.1, -0.05) is 18.2 Å². The molecule has 2 aromatic rings. The van der Waals surface area contributed by atoms with E-state index in [4.69, 9.17) is 5.73 Å². The summed E-state index contributed by atoms with van der Waals surface area (Å²) in [5.74, 6) is -0.437. The Kier molecular flexibility index (Phi) is 3.30. The van der Waals surface area contributed by atoms with Crippen LogP contribution in [0.2, 0.25) is 0 Å². The molecule has 1 aromatic carbocycles. The Balaban J connectivity index is 2.33. The van der Waals surface area contributed by atoms with Gasteiger partial charge in [0.05, 0.1) is 18.3 Å². The van der Waals surface area contributed by atoms with Gasteiger partial charge in [-0.15, -0.1) is 0 Å². The van der Waals surface area contributed by atoms with Crippen LogP contribution in [0.15, 0.2) is 30.6 Å². The highest BCUT2D eigenvalue weighted by molar-refractivity contribution is 5.82. The Morgan fingerprint density at radius 3 is 2.94 bits per heavy atom. The van der Waals surface area contributed by atoms with Crippen molar-refractivity contribution in [1.29, 1.82) is 0 Å². The van der Waals surface area contributed by atoms with E-state index in [1.807, 2.05) is 24.3 Å². The standard InChI is InChI=1S/C12H13N3O2/c1-17-12(16)9(13)6-11-8-4-2-3-5-10(8)14-7-15-11/h2-5,7,9H,6,13H2,1H3/t9-/m1/s1. The van der Waals surface area contributed by atoms with Crippen LogP contribution in [0, 0.1) is 0 Å². The number of carbonyl (C=O) groups is 1. The van der Waals surface area contributed by atoms with Crippen molar-refractivity contribution in [3.8, 4) is 0 Å². The molecule has 0 fully saturated rings. The molecule has 0 saturated carbocycles. The van der Waals surface area contributed by atoms with Gasteiger partial charge in [0.1, 0.15) is 12.4 Å². The molecule has 0 aliphatic rings. The molecule has 5 heteroatoms. The Hall–Kier alpha value is -2.01. The maximum absolute atomic E-state index is 11.3. The first-order valence-corrected chi connectivity index (χ1v) is 5.24. The highest BCUT2D eigenvalue weighted by atomic mass is 16.5. The van der Waals surface area contributed by atoms with Crippen LogP contribution in [-0.4, -0.2) is 29.1 Å². The summed E-state index contributed by atoms with van der Waals surface area (Å²) in [5, 5.41) is 0.911. The third-order valence-electron chi connectivity index (χ3n) is 2.54. The monoisotopic (exact) mass is 231 g/mol. The second-order valence-corrected chi connectivity index (χ2v) is 3.67. The molecule has 0 aliphatic carbocycles. The topological polar surface area (TPSA) is 78.1 Å². The van der Waals surface area contributed by atoms with Gasteiger partial charge >= 0.3 is 5.97 Å². The lowest BCUT2D eigenvalue weighted by Crippen LogP contribution is -2.34. The van der Waals surface area contributed by atoms with Crippen LogP contribution in [0.25, 0.3) is 10.9 Å². The summed E-state index contributed by atoms with van der Waals surface area (Å²) in [4.78, 5) is 19.6. The fourth-order valence-corrected chi connectivity index (χ4v) is 1.67. The molecule has 5 nitrogen and oxygen atoms in total. The molecule has 2 N–H and O–H groups in total. The van der Waals surface area contributed by atoms with E-state index < -0.39 is 12.0 Å². The van der Waals surface area contributed by atoms with Gasteiger partial charge in [0.15, 0.2) is 0 Å². The lowest BCUT2D eigenvalue weighted by molar-refractivity contribution is -0.142. The molecule has 17 heavy (non-hydrogen) atoms. The van der Waals surface area contributed by atoms with E-state index in [0.717, 1.165) is 16.6 Å². The van der Waals surface area contributed by atoms with Crippen LogP contribution in [0.5, 0.6) is 0 Å². The van der Waals surface area contributed by atoms with Gasteiger partial charge in [0.25, 0.3) is 0 Å². The minimum atomic E-state index is -0.696. The Morgan fingerprint density at radius 1 is 1.41 bits per heavy atom. The summed E-state index contributed by atoms with van der Waals surface area (Å²) in [6.45, 7) is 0. The van der Waals surface area contributed by atoms with Crippen LogP contribution in [0.1, 0.15) is 5.69 Å². The molecule has 0 unspecified atom stereocenters. The summed E-state index contributed by atoms with van der Waals surface area (Å²) in [5.41, 5.74) is 7.32. The predicted molar refractivity (Wildman–Crippen MR) is 63.2 cm³/mol. The van der Waals surface area contributed by atoms with Crippen LogP contribution < -0.4 is 5.73 Å². The Bertz CT molecular complexity index is 537. The van der Waals surface area contributed by atoms with Crippen molar-refractivity contribution in [1.82, 2.24) is 9.97 Å². The van der Waals surface area contributed by atoms with Gasteiger partial charge in [0.2, 0.25) is 0 Å². The SMILES string of the molecule is COC(=O)[C@H](N)Cc1ncnc2ccccc12. The van der Waals surface area contributed by atoms with Crippen molar-refractivity contribution in [2.24, 2.45) is 5.73 Å². The number of methoxy groups -OCH3 is 1. The number of nitrogens with two attached hydrogens (primary N) is 1. The molecule has 0 aliphatic heterocycles. The average Bonchev–Trinajstić information content (AvgIpc) is 2.38. The smallest absolute Gasteiger partial charge is 0.323 e. The van der Waals surface area contributed by atoms with Gasteiger partial charge in [-0.05, 0) is 6.07 Å². The fraction of sp³-hybridized carbons (Fsp3) is 0.250. The van der Waals surface area contributed by atoms with Gasteiger partial charge < -0.3 is 10.5 Å². The summed E-state index contributed by atoms with van der Waals surface area (Å²) in [6.07, 6.45) is 1.82. The second kappa shape index (κ2) is 4.88. The van der Waals surface area contributed by atoms with Gasteiger partial charge in [0, 0.05) is 11.8 Å². The molecule has 0 radical (unpaired) electrons. The van der Waals surface area contributed by atoms with Crippen LogP contribution in [-0.2, 0) is 16.0 Å². The maximum Gasteiger partial charge on any atom is 0.323 e. The molecule has 0 amide bonds. The van der Waals surface area contributed by atoms with E-state index in [1.54, 1.807) is 0 Å². The molecule has 2 rings (SSSR count). The number of carbonyl (C=O) groups excluding carboxylic acids is 1. The van der Waals surface area contributed by atoms with Crippen molar-refractivity contribution in [3.63, 3.8) is 0 Å². The van der Waals surface area contributed by atoms with Crippen LogP contribution >= 0.6 is 0 Å². The largest absolute Gasteiger partial charge is 0.468 e. The lowest BCUT2D eigenvalue weighted by Gasteiger charge is -2.09. The molecule has 0 bridgehead atoms. The average molecular weight is 231 g/mol. The molecule has 0 saturated heterocycles. The minimum absolute atomic E-state index is 0.343. The number of aromatic nitrogens is 2. The fourth-order valence-electron chi connectivity index (χ4n) is 1.67. The number of ether oxygens (including phenoxy) is 1. The number of fused-ring (bicyclic) bond motifs is 1. The lowest BCUT2D eigenvalue weighted by atomic mass is 10.1. The molecular weight excluding hydrogens is 218 g/mol. The van der Waals surface area contributed by atoms with Crippen molar-refractivity contribution >= 4 is 16.9 Å². The van der Waals surface area contributed by atoms with Crippen molar-refractivity contribution in [2.45, 2.75) is 12.5 Å². The summed E-state index contributed by atoms with van der Waals surface area (Å²) in [6, 6.07) is 6.91. The number of para-hydroxylation sites is 1. The quantitative estimate of drug-likeness (QED) is 0.785. The number of hydrogen-bond acceptors (Lipinski definition) is 5. The maximum atomic E-state index is 11.3. The molecule has 1 aromatic heterocycles. The number of esters is 1.